The van der Waals surface area contributed by atoms with E-state index in [0.717, 1.165) is 6.54 Å². The predicted octanol–water partition coefficient (Wildman–Crippen LogP) is 3.85. The Labute approximate surface area is 121 Å². The molecule has 0 saturated heterocycles. The molecule has 0 aliphatic heterocycles. The average Bonchev–Trinajstić information content (AvgIpc) is 2.49. The summed E-state index contributed by atoms with van der Waals surface area (Å²) in [6.45, 7) is 3.29. The third-order valence-electron chi connectivity index (χ3n) is 4.23. The smallest absolute Gasteiger partial charge is 0.0327 e. The number of pyridine rings is 1. The van der Waals surface area contributed by atoms with Gasteiger partial charge in [0, 0.05) is 18.4 Å². The Morgan fingerprint density at radius 3 is 2.75 bits per heavy atom. The van der Waals surface area contributed by atoms with Gasteiger partial charge in [-0.1, -0.05) is 31.2 Å². The number of rotatable bonds is 6. The Morgan fingerprint density at radius 2 is 2.00 bits per heavy atom. The van der Waals surface area contributed by atoms with Crippen LogP contribution in [0.5, 0.6) is 0 Å². The van der Waals surface area contributed by atoms with Crippen LogP contribution in [0.2, 0.25) is 0 Å². The van der Waals surface area contributed by atoms with Crippen molar-refractivity contribution >= 4 is 0 Å². The molecule has 3 rings (SSSR count). The molecule has 2 atom stereocenters. The third-order valence-corrected chi connectivity index (χ3v) is 4.23. The van der Waals surface area contributed by atoms with Crippen LogP contribution in [0.1, 0.15) is 48.4 Å². The first-order valence-corrected chi connectivity index (χ1v) is 7.59. The van der Waals surface area contributed by atoms with Gasteiger partial charge in [0.05, 0.1) is 0 Å². The molecule has 1 N–H and O–H groups in total. The van der Waals surface area contributed by atoms with Gasteiger partial charge in [0.2, 0.25) is 0 Å². The van der Waals surface area contributed by atoms with Gasteiger partial charge in [-0.15, -0.1) is 0 Å². The highest BCUT2D eigenvalue weighted by Crippen LogP contribution is 2.40. The Bertz CT molecular complexity index is 550. The summed E-state index contributed by atoms with van der Waals surface area (Å²) in [6.07, 6.45) is 7.37. The van der Waals surface area contributed by atoms with Crippen LogP contribution in [0.25, 0.3) is 0 Å². The summed E-state index contributed by atoms with van der Waals surface area (Å²) >= 11 is 0. The van der Waals surface area contributed by atoms with Crippen molar-refractivity contribution in [2.75, 3.05) is 6.54 Å². The normalized spacial score (nSPS) is 18.1. The van der Waals surface area contributed by atoms with Gasteiger partial charge in [-0.2, -0.15) is 0 Å². The maximum Gasteiger partial charge on any atom is 0.0327 e. The molecule has 1 aromatic carbocycles. The third kappa shape index (κ3) is 2.75. The maximum atomic E-state index is 4.13. The Morgan fingerprint density at radius 1 is 1.20 bits per heavy atom. The molecule has 2 aromatic rings. The second-order valence-corrected chi connectivity index (χ2v) is 5.62. The van der Waals surface area contributed by atoms with E-state index in [4.69, 9.17) is 0 Å². The fourth-order valence-corrected chi connectivity index (χ4v) is 3.11. The summed E-state index contributed by atoms with van der Waals surface area (Å²) in [6, 6.07) is 13.6. The molecule has 2 heteroatoms. The van der Waals surface area contributed by atoms with Crippen molar-refractivity contribution in [3.05, 3.63) is 65.5 Å². The monoisotopic (exact) mass is 266 g/mol. The number of hydrogen-bond donors (Lipinski definition) is 1. The molecule has 104 valence electrons. The fourth-order valence-electron chi connectivity index (χ4n) is 3.11. The van der Waals surface area contributed by atoms with Gasteiger partial charge in [0.25, 0.3) is 0 Å². The number of hydrogen-bond acceptors (Lipinski definition) is 2. The van der Waals surface area contributed by atoms with E-state index in [2.05, 4.69) is 53.6 Å². The minimum atomic E-state index is 0.441. The lowest BCUT2D eigenvalue weighted by Crippen LogP contribution is -2.27. The predicted molar refractivity (Wildman–Crippen MR) is 82.8 cm³/mol. The summed E-state index contributed by atoms with van der Waals surface area (Å²) in [5, 5.41) is 3.69. The molecule has 1 aromatic heterocycles. The van der Waals surface area contributed by atoms with Gasteiger partial charge in [0.15, 0.2) is 0 Å². The van der Waals surface area contributed by atoms with Crippen molar-refractivity contribution in [3.8, 4) is 0 Å². The Hall–Kier alpha value is -1.67. The molecule has 0 bridgehead atoms. The summed E-state index contributed by atoms with van der Waals surface area (Å²) in [5.74, 6) is 0.703. The van der Waals surface area contributed by atoms with Gasteiger partial charge in [-0.3, -0.25) is 4.98 Å². The molecule has 0 spiro atoms. The number of fused-ring (bicyclic) bond motifs is 1. The lowest BCUT2D eigenvalue weighted by molar-refractivity contribution is 0.428. The first-order chi connectivity index (χ1) is 9.88. The minimum Gasteiger partial charge on any atom is -0.310 e. The van der Waals surface area contributed by atoms with Gasteiger partial charge in [-0.25, -0.2) is 0 Å². The second kappa shape index (κ2) is 6.19. The molecular weight excluding hydrogens is 244 g/mol. The van der Waals surface area contributed by atoms with E-state index in [9.17, 15) is 0 Å². The first-order valence-electron chi connectivity index (χ1n) is 7.59. The zero-order valence-corrected chi connectivity index (χ0v) is 12.0. The van der Waals surface area contributed by atoms with E-state index in [-0.39, 0.29) is 0 Å². The molecule has 1 aliphatic carbocycles. The molecule has 0 saturated carbocycles. The van der Waals surface area contributed by atoms with Crippen molar-refractivity contribution in [1.82, 2.24) is 10.3 Å². The standard InChI is InChI=1S/C18H22N2/c1-2-9-20-18(14-7-10-19-11-8-14)13-16-12-15-5-3-4-6-17(15)16/h3-8,10-11,16,18,20H,2,9,12-13H2,1H3. The molecule has 0 fully saturated rings. The highest BCUT2D eigenvalue weighted by atomic mass is 14.9. The van der Waals surface area contributed by atoms with E-state index in [0.29, 0.717) is 12.0 Å². The Kier molecular flexibility index (Phi) is 4.12. The highest BCUT2D eigenvalue weighted by molar-refractivity contribution is 5.40. The van der Waals surface area contributed by atoms with Crippen LogP contribution in [-0.4, -0.2) is 11.5 Å². The zero-order valence-electron chi connectivity index (χ0n) is 12.0. The van der Waals surface area contributed by atoms with Crippen LogP contribution in [0.15, 0.2) is 48.8 Å². The van der Waals surface area contributed by atoms with Crippen molar-refractivity contribution in [2.45, 2.75) is 38.1 Å². The number of benzene rings is 1. The van der Waals surface area contributed by atoms with E-state index in [1.807, 2.05) is 12.4 Å². The highest BCUT2D eigenvalue weighted by Gasteiger charge is 2.28. The molecule has 0 amide bonds. The van der Waals surface area contributed by atoms with Crippen LogP contribution in [0.4, 0.5) is 0 Å². The van der Waals surface area contributed by atoms with E-state index in [1.165, 1.54) is 30.4 Å². The van der Waals surface area contributed by atoms with Crippen LogP contribution < -0.4 is 5.32 Å². The van der Waals surface area contributed by atoms with Gasteiger partial charge in [0.1, 0.15) is 0 Å². The summed E-state index contributed by atoms with van der Waals surface area (Å²) in [4.78, 5) is 4.13. The lowest BCUT2D eigenvalue weighted by atomic mass is 9.74. The van der Waals surface area contributed by atoms with Gasteiger partial charge < -0.3 is 5.32 Å². The molecule has 2 unspecified atom stereocenters. The van der Waals surface area contributed by atoms with E-state index >= 15 is 0 Å². The van der Waals surface area contributed by atoms with Gasteiger partial charge >= 0.3 is 0 Å². The molecule has 1 aliphatic rings. The summed E-state index contributed by atoms with van der Waals surface area (Å²) in [7, 11) is 0. The van der Waals surface area contributed by atoms with E-state index < -0.39 is 0 Å². The second-order valence-electron chi connectivity index (χ2n) is 5.62. The minimum absolute atomic E-state index is 0.441. The fraction of sp³-hybridized carbons (Fsp3) is 0.389. The maximum absolute atomic E-state index is 4.13. The summed E-state index contributed by atoms with van der Waals surface area (Å²) < 4.78 is 0. The van der Waals surface area contributed by atoms with Crippen molar-refractivity contribution < 1.29 is 0 Å². The van der Waals surface area contributed by atoms with Gasteiger partial charge in [-0.05, 0) is 60.5 Å². The number of nitrogens with one attached hydrogen (secondary N) is 1. The van der Waals surface area contributed by atoms with Crippen molar-refractivity contribution in [1.29, 1.82) is 0 Å². The average molecular weight is 266 g/mol. The van der Waals surface area contributed by atoms with Crippen LogP contribution in [-0.2, 0) is 6.42 Å². The molecule has 0 radical (unpaired) electrons. The van der Waals surface area contributed by atoms with Crippen LogP contribution in [0.3, 0.4) is 0 Å². The largest absolute Gasteiger partial charge is 0.310 e. The zero-order chi connectivity index (χ0) is 13.8. The molecular formula is C18H22N2. The molecule has 20 heavy (non-hydrogen) atoms. The molecule has 2 nitrogen and oxygen atoms in total. The quantitative estimate of drug-likeness (QED) is 0.859. The molecule has 1 heterocycles. The summed E-state index contributed by atoms with van der Waals surface area (Å²) in [5.41, 5.74) is 4.43. The first kappa shape index (κ1) is 13.3. The number of nitrogens with zero attached hydrogens (tertiary/aromatic N) is 1. The van der Waals surface area contributed by atoms with Crippen molar-refractivity contribution in [3.63, 3.8) is 0 Å². The van der Waals surface area contributed by atoms with Crippen LogP contribution in [0, 0.1) is 0 Å². The SMILES string of the molecule is CCCNC(CC1Cc2ccccc21)c1ccncc1. The Balaban J connectivity index is 1.72. The van der Waals surface area contributed by atoms with Crippen molar-refractivity contribution in [2.24, 2.45) is 0 Å². The topological polar surface area (TPSA) is 24.9 Å². The number of aromatic nitrogens is 1. The lowest BCUT2D eigenvalue weighted by Gasteiger charge is -2.33. The van der Waals surface area contributed by atoms with Crippen LogP contribution >= 0.6 is 0 Å². The van der Waals surface area contributed by atoms with E-state index in [1.54, 1.807) is 5.56 Å².